The van der Waals surface area contributed by atoms with Gasteiger partial charge in [-0.05, 0) is 43.2 Å². The van der Waals surface area contributed by atoms with Crippen LogP contribution >= 0.6 is 0 Å². The van der Waals surface area contributed by atoms with E-state index in [1.54, 1.807) is 25.2 Å². The predicted octanol–water partition coefficient (Wildman–Crippen LogP) is 3.14. The number of carbonyl (C=O) groups excluding carboxylic acids is 2. The molecule has 23 heavy (non-hydrogen) atoms. The molecule has 0 bridgehead atoms. The third kappa shape index (κ3) is 4.32. The second-order valence-corrected chi connectivity index (χ2v) is 5.24. The molecule has 0 radical (unpaired) electrons. The van der Waals surface area contributed by atoms with Crippen molar-refractivity contribution in [1.82, 2.24) is 0 Å². The fourth-order valence-corrected chi connectivity index (χ4v) is 2.14. The van der Waals surface area contributed by atoms with Gasteiger partial charge < -0.3 is 15.4 Å². The van der Waals surface area contributed by atoms with E-state index in [0.29, 0.717) is 11.3 Å². The Labute approximate surface area is 135 Å². The molecule has 0 aliphatic rings. The molecule has 0 heterocycles. The van der Waals surface area contributed by atoms with E-state index in [9.17, 15) is 9.59 Å². The topological polar surface area (TPSA) is 67.4 Å². The summed E-state index contributed by atoms with van der Waals surface area (Å²) in [5, 5.41) is 5.67. The minimum Gasteiger partial charge on any atom is -0.452 e. The van der Waals surface area contributed by atoms with Crippen LogP contribution in [0.15, 0.2) is 42.5 Å². The average Bonchev–Trinajstić information content (AvgIpc) is 2.56. The van der Waals surface area contributed by atoms with Gasteiger partial charge in [0.2, 0.25) is 0 Å². The molecular weight excluding hydrogens is 292 g/mol. The number of aryl methyl sites for hydroxylation is 2. The van der Waals surface area contributed by atoms with Gasteiger partial charge in [0.15, 0.2) is 6.61 Å². The molecule has 0 saturated heterocycles. The van der Waals surface area contributed by atoms with Crippen LogP contribution in [0.25, 0.3) is 0 Å². The molecule has 5 heteroatoms. The smallest absolute Gasteiger partial charge is 0.340 e. The van der Waals surface area contributed by atoms with E-state index in [4.69, 9.17) is 4.74 Å². The molecule has 0 aliphatic heterocycles. The van der Waals surface area contributed by atoms with Crippen molar-refractivity contribution in [2.75, 3.05) is 24.3 Å². The minimum absolute atomic E-state index is 0.329. The molecule has 1 amide bonds. The summed E-state index contributed by atoms with van der Waals surface area (Å²) in [5.74, 6) is -0.903. The first-order valence-electron chi connectivity index (χ1n) is 7.32. The Bertz CT molecular complexity index is 726. The summed E-state index contributed by atoms with van der Waals surface area (Å²) in [4.78, 5) is 24.0. The number of ether oxygens (including phenoxy) is 1. The summed E-state index contributed by atoms with van der Waals surface area (Å²) in [7, 11) is 1.72. The van der Waals surface area contributed by atoms with Gasteiger partial charge in [0.1, 0.15) is 0 Å². The molecule has 2 aromatic rings. The van der Waals surface area contributed by atoms with Crippen molar-refractivity contribution in [2.45, 2.75) is 13.8 Å². The van der Waals surface area contributed by atoms with Gasteiger partial charge in [-0.3, -0.25) is 4.79 Å². The Morgan fingerprint density at radius 2 is 1.78 bits per heavy atom. The van der Waals surface area contributed by atoms with Gasteiger partial charge in [0.25, 0.3) is 5.91 Å². The van der Waals surface area contributed by atoms with Crippen LogP contribution < -0.4 is 10.6 Å². The van der Waals surface area contributed by atoms with Gasteiger partial charge in [0.05, 0.1) is 5.56 Å². The van der Waals surface area contributed by atoms with Gasteiger partial charge in [0, 0.05) is 18.4 Å². The lowest BCUT2D eigenvalue weighted by molar-refractivity contribution is -0.119. The Morgan fingerprint density at radius 3 is 2.52 bits per heavy atom. The maximum absolute atomic E-state index is 12.1. The van der Waals surface area contributed by atoms with Gasteiger partial charge in [-0.2, -0.15) is 0 Å². The summed E-state index contributed by atoms with van der Waals surface area (Å²) in [6.45, 7) is 3.53. The number of esters is 1. The largest absolute Gasteiger partial charge is 0.452 e. The van der Waals surface area contributed by atoms with E-state index in [2.05, 4.69) is 10.6 Å². The number of anilines is 2. The second kappa shape index (κ2) is 7.45. The maximum atomic E-state index is 12.1. The number of benzene rings is 2. The SMILES string of the molecule is CNc1ccccc1C(=O)OCC(=O)Nc1cc(C)ccc1C. The normalized spacial score (nSPS) is 10.0. The molecule has 0 spiro atoms. The molecule has 2 N–H and O–H groups in total. The van der Waals surface area contributed by atoms with E-state index in [1.807, 2.05) is 38.1 Å². The van der Waals surface area contributed by atoms with E-state index in [1.165, 1.54) is 0 Å². The van der Waals surface area contributed by atoms with Crippen LogP contribution in [-0.2, 0) is 9.53 Å². The Morgan fingerprint density at radius 1 is 1.04 bits per heavy atom. The summed E-state index contributed by atoms with van der Waals surface area (Å²) in [6, 6.07) is 12.8. The van der Waals surface area contributed by atoms with Crippen molar-refractivity contribution in [1.29, 1.82) is 0 Å². The molecule has 120 valence electrons. The molecule has 2 aromatic carbocycles. The summed E-state index contributed by atoms with van der Waals surface area (Å²) >= 11 is 0. The number of carbonyl (C=O) groups is 2. The zero-order valence-electron chi connectivity index (χ0n) is 13.5. The average molecular weight is 312 g/mol. The monoisotopic (exact) mass is 312 g/mol. The lowest BCUT2D eigenvalue weighted by atomic mass is 10.1. The third-order valence-electron chi connectivity index (χ3n) is 3.42. The highest BCUT2D eigenvalue weighted by Crippen LogP contribution is 2.17. The van der Waals surface area contributed by atoms with Gasteiger partial charge in [-0.25, -0.2) is 4.79 Å². The first kappa shape index (κ1) is 16.5. The van der Waals surface area contributed by atoms with E-state index in [-0.39, 0.29) is 12.5 Å². The summed E-state index contributed by atoms with van der Waals surface area (Å²) in [5.41, 5.74) is 3.78. The Hall–Kier alpha value is -2.82. The number of amides is 1. The second-order valence-electron chi connectivity index (χ2n) is 5.24. The summed E-state index contributed by atoms with van der Waals surface area (Å²) in [6.07, 6.45) is 0. The van der Waals surface area contributed by atoms with Crippen LogP contribution in [0, 0.1) is 13.8 Å². The fourth-order valence-electron chi connectivity index (χ4n) is 2.14. The van der Waals surface area contributed by atoms with Crippen molar-refractivity contribution in [3.05, 3.63) is 59.2 Å². The molecular formula is C18H20N2O3. The molecule has 5 nitrogen and oxygen atoms in total. The van der Waals surface area contributed by atoms with Gasteiger partial charge >= 0.3 is 5.97 Å². The zero-order valence-corrected chi connectivity index (χ0v) is 13.5. The standard InChI is InChI=1S/C18H20N2O3/c1-12-8-9-13(2)16(10-12)20-17(21)11-23-18(22)14-6-4-5-7-15(14)19-3/h4-10,19H,11H2,1-3H3,(H,20,21). The van der Waals surface area contributed by atoms with Crippen molar-refractivity contribution in [3.63, 3.8) is 0 Å². The Kier molecular flexibility index (Phi) is 5.36. The van der Waals surface area contributed by atoms with Gasteiger partial charge in [-0.15, -0.1) is 0 Å². The number of para-hydroxylation sites is 1. The first-order valence-corrected chi connectivity index (χ1v) is 7.32. The number of nitrogens with one attached hydrogen (secondary N) is 2. The van der Waals surface area contributed by atoms with Crippen LogP contribution in [0.5, 0.6) is 0 Å². The first-order chi connectivity index (χ1) is 11.0. The number of hydrogen-bond acceptors (Lipinski definition) is 4. The molecule has 0 unspecified atom stereocenters. The molecule has 2 rings (SSSR count). The minimum atomic E-state index is -0.536. The molecule has 0 aliphatic carbocycles. The van der Waals surface area contributed by atoms with Crippen LogP contribution in [0.3, 0.4) is 0 Å². The van der Waals surface area contributed by atoms with Crippen molar-refractivity contribution < 1.29 is 14.3 Å². The van der Waals surface area contributed by atoms with Crippen molar-refractivity contribution in [3.8, 4) is 0 Å². The highest BCUT2D eigenvalue weighted by molar-refractivity contribution is 5.98. The summed E-state index contributed by atoms with van der Waals surface area (Å²) < 4.78 is 5.08. The predicted molar refractivity (Wildman–Crippen MR) is 90.8 cm³/mol. The quantitative estimate of drug-likeness (QED) is 0.832. The van der Waals surface area contributed by atoms with Crippen molar-refractivity contribution >= 4 is 23.3 Å². The van der Waals surface area contributed by atoms with Crippen molar-refractivity contribution in [2.24, 2.45) is 0 Å². The highest BCUT2D eigenvalue weighted by Gasteiger charge is 2.14. The lowest BCUT2D eigenvalue weighted by Crippen LogP contribution is -2.21. The maximum Gasteiger partial charge on any atom is 0.340 e. The molecule has 0 saturated carbocycles. The highest BCUT2D eigenvalue weighted by atomic mass is 16.5. The van der Waals surface area contributed by atoms with Crippen LogP contribution in [-0.4, -0.2) is 25.5 Å². The van der Waals surface area contributed by atoms with Crippen LogP contribution in [0.2, 0.25) is 0 Å². The van der Waals surface area contributed by atoms with Crippen LogP contribution in [0.1, 0.15) is 21.5 Å². The molecule has 0 fully saturated rings. The lowest BCUT2D eigenvalue weighted by Gasteiger charge is -2.11. The molecule has 0 aromatic heterocycles. The van der Waals surface area contributed by atoms with E-state index < -0.39 is 5.97 Å². The van der Waals surface area contributed by atoms with E-state index >= 15 is 0 Å². The molecule has 0 atom stereocenters. The third-order valence-corrected chi connectivity index (χ3v) is 3.42. The number of rotatable bonds is 5. The van der Waals surface area contributed by atoms with Gasteiger partial charge in [-0.1, -0.05) is 24.3 Å². The fraction of sp³-hybridized carbons (Fsp3) is 0.222. The van der Waals surface area contributed by atoms with Crippen LogP contribution in [0.4, 0.5) is 11.4 Å². The van der Waals surface area contributed by atoms with E-state index in [0.717, 1.165) is 16.8 Å². The Balaban J connectivity index is 1.96. The number of hydrogen-bond donors (Lipinski definition) is 2. The zero-order chi connectivity index (χ0) is 16.8.